The van der Waals surface area contributed by atoms with Crippen LogP contribution < -0.4 is 0 Å². The highest BCUT2D eigenvalue weighted by Gasteiger charge is 2.26. The number of aryl methyl sites for hydroxylation is 1. The van der Waals surface area contributed by atoms with Crippen LogP contribution in [0.1, 0.15) is 37.3 Å². The summed E-state index contributed by atoms with van der Waals surface area (Å²) in [6.07, 6.45) is 0.800. The summed E-state index contributed by atoms with van der Waals surface area (Å²) in [7, 11) is -0.252. The van der Waals surface area contributed by atoms with E-state index in [0.29, 0.717) is 5.56 Å². The van der Waals surface area contributed by atoms with E-state index >= 15 is 0 Å². The average molecular weight is 376 g/mol. The number of rotatable bonds is 7. The summed E-state index contributed by atoms with van der Waals surface area (Å²) in [5, 5.41) is 0. The zero-order valence-corrected chi connectivity index (χ0v) is 17.0. The van der Waals surface area contributed by atoms with Crippen molar-refractivity contribution in [2.75, 3.05) is 20.6 Å². The molecule has 0 aromatic heterocycles. The molecule has 5 heteroatoms. The Morgan fingerprint density at radius 3 is 2.31 bits per heavy atom. The fourth-order valence-corrected chi connectivity index (χ4v) is 4.52. The van der Waals surface area contributed by atoms with E-state index in [4.69, 9.17) is 0 Å². The highest BCUT2D eigenvalue weighted by Crippen LogP contribution is 2.36. The Morgan fingerprint density at radius 2 is 1.77 bits per heavy atom. The maximum Gasteiger partial charge on any atom is 0.294 e. The molecule has 2 aromatic carbocycles. The van der Waals surface area contributed by atoms with Gasteiger partial charge in [0, 0.05) is 6.54 Å². The minimum Gasteiger partial charge on any atom is -0.309 e. The van der Waals surface area contributed by atoms with Gasteiger partial charge < -0.3 is 4.90 Å². The molecule has 0 bridgehead atoms. The first-order chi connectivity index (χ1) is 12.1. The van der Waals surface area contributed by atoms with E-state index in [1.807, 2.05) is 51.4 Å². The van der Waals surface area contributed by atoms with Gasteiger partial charge in [0.25, 0.3) is 10.1 Å². The Hall–Kier alpha value is -1.69. The maximum absolute atomic E-state index is 12.0. The zero-order valence-electron chi connectivity index (χ0n) is 16.2. The molecule has 2 rings (SSSR count). The monoisotopic (exact) mass is 375 g/mol. The van der Waals surface area contributed by atoms with E-state index in [2.05, 4.69) is 18.7 Å². The Balaban J connectivity index is 2.63. The van der Waals surface area contributed by atoms with Crippen LogP contribution in [0.25, 0.3) is 11.1 Å². The predicted octanol–water partition coefficient (Wildman–Crippen LogP) is 4.60. The highest BCUT2D eigenvalue weighted by molar-refractivity contribution is 7.85. The third-order valence-electron chi connectivity index (χ3n) is 4.92. The van der Waals surface area contributed by atoms with Crippen LogP contribution in [0.5, 0.6) is 0 Å². The first kappa shape index (κ1) is 20.6. The Labute approximate surface area is 157 Å². The molecule has 0 heterocycles. The molecule has 0 amide bonds. The fraction of sp³-hybridized carbons (Fsp3) is 0.429. The highest BCUT2D eigenvalue weighted by atomic mass is 32.2. The molecule has 2 aromatic rings. The van der Waals surface area contributed by atoms with E-state index in [1.54, 1.807) is 6.07 Å². The summed E-state index contributed by atoms with van der Waals surface area (Å²) in [6.45, 7) is 7.07. The third kappa shape index (κ3) is 4.72. The molecule has 2 unspecified atom stereocenters. The van der Waals surface area contributed by atoms with Gasteiger partial charge in [-0.05, 0) is 73.7 Å². The van der Waals surface area contributed by atoms with Crippen molar-refractivity contribution in [3.05, 3.63) is 53.6 Å². The molecule has 142 valence electrons. The lowest BCUT2D eigenvalue weighted by molar-refractivity contribution is 0.299. The lowest BCUT2D eigenvalue weighted by Crippen LogP contribution is -2.25. The molecule has 26 heavy (non-hydrogen) atoms. The molecule has 0 radical (unpaired) electrons. The standard InChI is InChI=1S/C21H29NO3S/c1-6-18(16(3)14-22(4)5)20-13-17(11-12-21(20)26(23,24)25)19-10-8-7-9-15(19)2/h7-13,16,18H,6,14H2,1-5H3,(H,23,24,25). The third-order valence-corrected chi connectivity index (χ3v) is 5.85. The molecule has 0 spiro atoms. The first-order valence-electron chi connectivity index (χ1n) is 8.97. The number of hydrogen-bond donors (Lipinski definition) is 1. The van der Waals surface area contributed by atoms with Gasteiger partial charge in [0.2, 0.25) is 0 Å². The molecule has 2 atom stereocenters. The van der Waals surface area contributed by atoms with Crippen molar-refractivity contribution in [3.8, 4) is 11.1 Å². The second-order valence-electron chi connectivity index (χ2n) is 7.30. The second-order valence-corrected chi connectivity index (χ2v) is 8.69. The first-order valence-corrected chi connectivity index (χ1v) is 10.4. The van der Waals surface area contributed by atoms with Crippen molar-refractivity contribution in [1.29, 1.82) is 0 Å². The number of benzene rings is 2. The van der Waals surface area contributed by atoms with Crippen molar-refractivity contribution in [2.24, 2.45) is 5.92 Å². The normalized spacial score (nSPS) is 14.4. The Morgan fingerprint density at radius 1 is 1.12 bits per heavy atom. The van der Waals surface area contributed by atoms with Crippen LogP contribution in [0.2, 0.25) is 0 Å². The summed E-state index contributed by atoms with van der Waals surface area (Å²) in [6, 6.07) is 13.3. The maximum atomic E-state index is 12.0. The minimum absolute atomic E-state index is 0.0206. The predicted molar refractivity (Wildman–Crippen MR) is 107 cm³/mol. The van der Waals surface area contributed by atoms with Gasteiger partial charge in [-0.1, -0.05) is 44.2 Å². The van der Waals surface area contributed by atoms with Gasteiger partial charge >= 0.3 is 0 Å². The van der Waals surface area contributed by atoms with Gasteiger partial charge in [-0.2, -0.15) is 8.42 Å². The van der Waals surface area contributed by atoms with Crippen molar-refractivity contribution in [3.63, 3.8) is 0 Å². The molecule has 0 saturated carbocycles. The number of hydrogen-bond acceptors (Lipinski definition) is 3. The molecule has 4 nitrogen and oxygen atoms in total. The molecule has 0 aliphatic rings. The summed E-state index contributed by atoms with van der Waals surface area (Å²) < 4.78 is 33.7. The SMILES string of the molecule is CCC(c1cc(-c2ccccc2C)ccc1S(=O)(=O)O)C(C)CN(C)C. The summed E-state index contributed by atoms with van der Waals surface area (Å²) >= 11 is 0. The van der Waals surface area contributed by atoms with E-state index in [1.165, 1.54) is 6.07 Å². The molecule has 0 fully saturated rings. The van der Waals surface area contributed by atoms with Crippen molar-refractivity contribution in [1.82, 2.24) is 4.90 Å². The second kappa shape index (κ2) is 8.33. The lowest BCUT2D eigenvalue weighted by atomic mass is 9.83. The van der Waals surface area contributed by atoms with Crippen LogP contribution in [0.15, 0.2) is 47.4 Å². The zero-order chi connectivity index (χ0) is 19.5. The quantitative estimate of drug-likeness (QED) is 0.719. The van der Waals surface area contributed by atoms with Crippen LogP contribution in [-0.2, 0) is 10.1 Å². The molecule has 0 aliphatic carbocycles. The fourth-order valence-electron chi connectivity index (χ4n) is 3.77. The van der Waals surface area contributed by atoms with E-state index in [-0.39, 0.29) is 16.7 Å². The average Bonchev–Trinajstić information content (AvgIpc) is 2.54. The van der Waals surface area contributed by atoms with Gasteiger partial charge in [0.1, 0.15) is 0 Å². The molecular formula is C21H29NO3S. The smallest absolute Gasteiger partial charge is 0.294 e. The van der Waals surface area contributed by atoms with Crippen molar-refractivity contribution >= 4 is 10.1 Å². The Bertz CT molecular complexity index is 859. The van der Waals surface area contributed by atoms with Crippen LogP contribution >= 0.6 is 0 Å². The van der Waals surface area contributed by atoms with Gasteiger partial charge in [-0.15, -0.1) is 0 Å². The van der Waals surface area contributed by atoms with Gasteiger partial charge in [0.05, 0.1) is 4.90 Å². The summed E-state index contributed by atoms with van der Waals surface area (Å²) in [5.41, 5.74) is 3.88. The van der Waals surface area contributed by atoms with E-state index in [0.717, 1.165) is 29.7 Å². The molecule has 1 N–H and O–H groups in total. The van der Waals surface area contributed by atoms with Crippen molar-refractivity contribution < 1.29 is 13.0 Å². The van der Waals surface area contributed by atoms with Crippen LogP contribution in [0, 0.1) is 12.8 Å². The number of nitrogens with zero attached hydrogens (tertiary/aromatic N) is 1. The van der Waals surface area contributed by atoms with Gasteiger partial charge in [0.15, 0.2) is 0 Å². The molecule has 0 aliphatic heterocycles. The van der Waals surface area contributed by atoms with E-state index in [9.17, 15) is 13.0 Å². The minimum atomic E-state index is -4.27. The topological polar surface area (TPSA) is 57.6 Å². The lowest BCUT2D eigenvalue weighted by Gasteiger charge is -2.27. The van der Waals surface area contributed by atoms with Crippen LogP contribution in [-0.4, -0.2) is 38.5 Å². The summed E-state index contributed by atoms with van der Waals surface area (Å²) in [5.74, 6) is 0.293. The van der Waals surface area contributed by atoms with E-state index < -0.39 is 10.1 Å². The molecular weight excluding hydrogens is 346 g/mol. The van der Waals surface area contributed by atoms with Gasteiger partial charge in [-0.3, -0.25) is 4.55 Å². The van der Waals surface area contributed by atoms with Crippen LogP contribution in [0.4, 0.5) is 0 Å². The Kier molecular flexibility index (Phi) is 6.61. The van der Waals surface area contributed by atoms with Gasteiger partial charge in [-0.25, -0.2) is 0 Å². The summed E-state index contributed by atoms with van der Waals surface area (Å²) in [4.78, 5) is 2.12. The van der Waals surface area contributed by atoms with Crippen LogP contribution in [0.3, 0.4) is 0 Å². The molecule has 0 saturated heterocycles. The largest absolute Gasteiger partial charge is 0.309 e. The van der Waals surface area contributed by atoms with Crippen molar-refractivity contribution in [2.45, 2.75) is 38.0 Å².